The molecule has 0 aliphatic rings. The fourth-order valence-corrected chi connectivity index (χ4v) is 0.947. The Morgan fingerprint density at radius 3 is 2.23 bits per heavy atom. The summed E-state index contributed by atoms with van der Waals surface area (Å²) in [4.78, 5) is 10.9. The van der Waals surface area contributed by atoms with E-state index in [1.807, 2.05) is 0 Å². The molecule has 0 bridgehead atoms. The molecule has 76 valence electrons. The molecule has 0 aliphatic heterocycles. The molecule has 0 heterocycles. The van der Waals surface area contributed by atoms with Crippen LogP contribution in [0.2, 0.25) is 0 Å². The van der Waals surface area contributed by atoms with Crippen LogP contribution < -0.4 is 5.73 Å². The molecular weight excluding hydrogens is 170 g/mol. The number of primary amides is 1. The second-order valence-corrected chi connectivity index (χ2v) is 3.23. The van der Waals surface area contributed by atoms with Gasteiger partial charge in [0.05, 0.1) is 0 Å². The van der Waals surface area contributed by atoms with Gasteiger partial charge in [-0.2, -0.15) is 0 Å². The van der Waals surface area contributed by atoms with Gasteiger partial charge in [-0.1, -0.05) is 19.9 Å². The molecule has 0 saturated carbocycles. The Morgan fingerprint density at radius 2 is 1.92 bits per heavy atom. The molecule has 0 radical (unpaired) electrons. The molecule has 0 rings (SSSR count). The fraction of sp³-hybridized carbons (Fsp3) is 0.667. The van der Waals surface area contributed by atoms with Crippen LogP contribution in [0.1, 0.15) is 13.8 Å². The first-order valence-electron chi connectivity index (χ1n) is 4.26. The van der Waals surface area contributed by atoms with E-state index in [2.05, 4.69) is 0 Å². The van der Waals surface area contributed by atoms with Gasteiger partial charge in [0.1, 0.15) is 0 Å². The Labute approximate surface area is 78.1 Å². The zero-order chi connectivity index (χ0) is 10.4. The molecule has 0 aromatic carbocycles. The van der Waals surface area contributed by atoms with Crippen LogP contribution in [0.3, 0.4) is 0 Å². The van der Waals surface area contributed by atoms with E-state index < -0.39 is 5.91 Å². The molecule has 2 unspecified atom stereocenters. The van der Waals surface area contributed by atoms with Gasteiger partial charge in [-0.3, -0.25) is 4.79 Å². The molecule has 4 heteroatoms. The minimum Gasteiger partial charge on any atom is -0.396 e. The predicted octanol–water partition coefficient (Wildman–Crippen LogP) is -0.345. The normalized spacial score (nSPS) is 16.8. The number of nitrogens with two attached hydrogens (primary N) is 1. The molecule has 0 spiro atoms. The highest BCUT2D eigenvalue weighted by atomic mass is 16.3. The standard InChI is InChI=1S/C9H17NO3/c1-6(4-11)3-8(9(10)13)7(2)5-12/h3,6-7,11-12H,4-5H2,1-2H3,(H2,10,13). The first kappa shape index (κ1) is 12.1. The van der Waals surface area contributed by atoms with E-state index in [1.165, 1.54) is 0 Å². The number of aliphatic hydroxyl groups excluding tert-OH is 2. The number of hydrogen-bond donors (Lipinski definition) is 3. The summed E-state index contributed by atoms with van der Waals surface area (Å²) in [7, 11) is 0. The smallest absolute Gasteiger partial charge is 0.244 e. The number of rotatable bonds is 5. The highest BCUT2D eigenvalue weighted by molar-refractivity contribution is 5.92. The Balaban J connectivity index is 4.59. The molecule has 0 fully saturated rings. The van der Waals surface area contributed by atoms with E-state index in [-0.39, 0.29) is 25.0 Å². The minimum absolute atomic E-state index is 0.0328. The molecule has 2 atom stereocenters. The topological polar surface area (TPSA) is 83.6 Å². The number of amides is 1. The van der Waals surface area contributed by atoms with Gasteiger partial charge in [0.2, 0.25) is 5.91 Å². The molecular formula is C9H17NO3. The first-order valence-corrected chi connectivity index (χ1v) is 4.26. The lowest BCUT2D eigenvalue weighted by atomic mass is 9.97. The predicted molar refractivity (Wildman–Crippen MR) is 49.8 cm³/mol. The van der Waals surface area contributed by atoms with Crippen LogP contribution in [0.15, 0.2) is 11.6 Å². The van der Waals surface area contributed by atoms with Crippen LogP contribution in [-0.2, 0) is 4.79 Å². The van der Waals surface area contributed by atoms with Crippen LogP contribution in [0.4, 0.5) is 0 Å². The minimum atomic E-state index is -0.540. The second kappa shape index (κ2) is 5.72. The van der Waals surface area contributed by atoms with E-state index in [4.69, 9.17) is 15.9 Å². The molecule has 0 saturated heterocycles. The monoisotopic (exact) mass is 187 g/mol. The molecule has 0 aromatic rings. The van der Waals surface area contributed by atoms with Crippen molar-refractivity contribution < 1.29 is 15.0 Å². The van der Waals surface area contributed by atoms with Crippen LogP contribution in [0.25, 0.3) is 0 Å². The lowest BCUT2D eigenvalue weighted by Gasteiger charge is -2.11. The largest absolute Gasteiger partial charge is 0.396 e. The lowest BCUT2D eigenvalue weighted by Crippen LogP contribution is -2.22. The van der Waals surface area contributed by atoms with Gasteiger partial charge in [0.15, 0.2) is 0 Å². The fourth-order valence-electron chi connectivity index (χ4n) is 0.947. The first-order chi connectivity index (χ1) is 6.02. The van der Waals surface area contributed by atoms with Crippen molar-refractivity contribution in [2.75, 3.05) is 13.2 Å². The third-order valence-corrected chi connectivity index (χ3v) is 1.84. The van der Waals surface area contributed by atoms with Gasteiger partial charge in [0.25, 0.3) is 0 Å². The summed E-state index contributed by atoms with van der Waals surface area (Å²) in [5.41, 5.74) is 5.49. The maximum absolute atomic E-state index is 10.9. The SMILES string of the molecule is CC(C=C(C(N)=O)C(C)CO)CO. The van der Waals surface area contributed by atoms with Crippen molar-refractivity contribution in [2.24, 2.45) is 17.6 Å². The molecule has 4 nitrogen and oxygen atoms in total. The summed E-state index contributed by atoms with van der Waals surface area (Å²) in [5.74, 6) is -0.926. The zero-order valence-electron chi connectivity index (χ0n) is 8.03. The summed E-state index contributed by atoms with van der Waals surface area (Å²) in [6.45, 7) is 3.33. The summed E-state index contributed by atoms with van der Waals surface area (Å²) in [6.07, 6.45) is 1.60. The zero-order valence-corrected chi connectivity index (χ0v) is 8.03. The van der Waals surface area contributed by atoms with Crippen molar-refractivity contribution in [3.8, 4) is 0 Å². The van der Waals surface area contributed by atoms with E-state index >= 15 is 0 Å². The Bertz CT molecular complexity index is 201. The number of carbonyl (C=O) groups is 1. The van der Waals surface area contributed by atoms with Gasteiger partial charge >= 0.3 is 0 Å². The van der Waals surface area contributed by atoms with Gasteiger partial charge < -0.3 is 15.9 Å². The second-order valence-electron chi connectivity index (χ2n) is 3.23. The van der Waals surface area contributed by atoms with E-state index in [1.54, 1.807) is 19.9 Å². The van der Waals surface area contributed by atoms with Crippen LogP contribution in [0, 0.1) is 11.8 Å². The van der Waals surface area contributed by atoms with Crippen molar-refractivity contribution in [3.05, 3.63) is 11.6 Å². The number of hydrogen-bond acceptors (Lipinski definition) is 3. The van der Waals surface area contributed by atoms with E-state index in [9.17, 15) is 4.79 Å². The van der Waals surface area contributed by atoms with Crippen molar-refractivity contribution in [1.29, 1.82) is 0 Å². The lowest BCUT2D eigenvalue weighted by molar-refractivity contribution is -0.115. The quantitative estimate of drug-likeness (QED) is 0.515. The van der Waals surface area contributed by atoms with E-state index in [0.29, 0.717) is 5.57 Å². The summed E-state index contributed by atoms with van der Waals surface area (Å²) in [5, 5.41) is 17.6. The van der Waals surface area contributed by atoms with Crippen molar-refractivity contribution in [2.45, 2.75) is 13.8 Å². The van der Waals surface area contributed by atoms with Gasteiger partial charge in [-0.05, 0) is 5.92 Å². The third-order valence-electron chi connectivity index (χ3n) is 1.84. The summed E-state index contributed by atoms with van der Waals surface area (Å²) in [6, 6.07) is 0. The summed E-state index contributed by atoms with van der Waals surface area (Å²) < 4.78 is 0. The number of aliphatic hydroxyl groups is 2. The molecule has 1 amide bonds. The maximum atomic E-state index is 10.9. The molecule has 0 aliphatic carbocycles. The van der Waals surface area contributed by atoms with Crippen molar-refractivity contribution in [1.82, 2.24) is 0 Å². The summed E-state index contributed by atoms with van der Waals surface area (Å²) >= 11 is 0. The Morgan fingerprint density at radius 1 is 1.38 bits per heavy atom. The van der Waals surface area contributed by atoms with Gasteiger partial charge in [-0.15, -0.1) is 0 Å². The Kier molecular flexibility index (Phi) is 5.34. The number of carbonyl (C=O) groups excluding carboxylic acids is 1. The third kappa shape index (κ3) is 4.05. The van der Waals surface area contributed by atoms with Crippen LogP contribution >= 0.6 is 0 Å². The van der Waals surface area contributed by atoms with Crippen molar-refractivity contribution in [3.63, 3.8) is 0 Å². The van der Waals surface area contributed by atoms with Gasteiger partial charge in [-0.25, -0.2) is 0 Å². The highest BCUT2D eigenvalue weighted by Gasteiger charge is 2.14. The molecule has 13 heavy (non-hydrogen) atoms. The highest BCUT2D eigenvalue weighted by Crippen LogP contribution is 2.12. The van der Waals surface area contributed by atoms with Gasteiger partial charge in [0, 0.05) is 24.7 Å². The average molecular weight is 187 g/mol. The maximum Gasteiger partial charge on any atom is 0.244 e. The van der Waals surface area contributed by atoms with Crippen LogP contribution in [-0.4, -0.2) is 29.3 Å². The molecule has 4 N–H and O–H groups in total. The van der Waals surface area contributed by atoms with Crippen molar-refractivity contribution >= 4 is 5.91 Å². The molecule has 0 aromatic heterocycles. The van der Waals surface area contributed by atoms with Crippen LogP contribution in [0.5, 0.6) is 0 Å². The average Bonchev–Trinajstić information content (AvgIpc) is 2.11. The van der Waals surface area contributed by atoms with E-state index in [0.717, 1.165) is 0 Å². The Hall–Kier alpha value is -0.870.